The number of nitrogens with zero attached hydrogens (tertiary/aromatic N) is 3. The monoisotopic (exact) mass is 580 g/mol. The number of hydrogen-bond acceptors (Lipinski definition) is 10. The Morgan fingerprint density at radius 1 is 1.20 bits per heavy atom. The third-order valence-corrected chi connectivity index (χ3v) is 7.68. The van der Waals surface area contributed by atoms with E-state index in [1.807, 2.05) is 36.4 Å². The van der Waals surface area contributed by atoms with Crippen LogP contribution in [0.1, 0.15) is 38.7 Å². The summed E-state index contributed by atoms with van der Waals surface area (Å²) in [5.41, 5.74) is -2.15. The fourth-order valence-electron chi connectivity index (χ4n) is 4.12. The van der Waals surface area contributed by atoms with Crippen molar-refractivity contribution in [2.75, 3.05) is 6.61 Å². The minimum atomic E-state index is -2.14. The minimum Gasteiger partial charge on any atom is -0.453 e. The van der Waals surface area contributed by atoms with Gasteiger partial charge in [-0.1, -0.05) is 48.5 Å². The van der Waals surface area contributed by atoms with Crippen LogP contribution in [0.4, 0.5) is 0 Å². The van der Waals surface area contributed by atoms with Gasteiger partial charge in [-0.2, -0.15) is 10.0 Å². The van der Waals surface area contributed by atoms with Gasteiger partial charge in [0, 0.05) is 12.3 Å². The van der Waals surface area contributed by atoms with E-state index in [0.717, 1.165) is 16.2 Å². The Morgan fingerprint density at radius 3 is 2.49 bits per heavy atom. The first-order valence-electron chi connectivity index (χ1n) is 12.7. The number of esters is 1. The predicted molar refractivity (Wildman–Crippen MR) is 149 cm³/mol. The second kappa shape index (κ2) is 13.0. The Labute approximate surface area is 236 Å². The highest BCUT2D eigenvalue weighted by Crippen LogP contribution is 2.47. The van der Waals surface area contributed by atoms with Crippen molar-refractivity contribution in [2.45, 2.75) is 45.3 Å². The van der Waals surface area contributed by atoms with Gasteiger partial charge in [0.1, 0.15) is 35.2 Å². The number of nitrogens with one attached hydrogen (secondary N) is 1. The molecule has 1 aromatic heterocycles. The molecule has 4 rings (SSSR count). The summed E-state index contributed by atoms with van der Waals surface area (Å²) in [6.07, 6.45) is -3.00. The van der Waals surface area contributed by atoms with E-state index in [-0.39, 0.29) is 12.3 Å². The second-order valence-electron chi connectivity index (χ2n) is 9.47. The fraction of sp³-hybridized carbons (Fsp3) is 0.321. The molecule has 214 valence electrons. The summed E-state index contributed by atoms with van der Waals surface area (Å²) in [6.45, 7) is 4.36. The molecule has 12 nitrogen and oxygen atoms in total. The lowest BCUT2D eigenvalue weighted by Gasteiger charge is -2.25. The van der Waals surface area contributed by atoms with Gasteiger partial charge in [-0.25, -0.2) is 9.59 Å². The number of para-hydroxylation sites is 1. The Hall–Kier alpha value is -4.14. The Balaban J connectivity index is 1.52. The molecule has 0 radical (unpaired) electrons. The van der Waals surface area contributed by atoms with Crippen molar-refractivity contribution >= 4 is 20.2 Å². The van der Waals surface area contributed by atoms with E-state index in [0.29, 0.717) is 5.75 Å². The number of benzene rings is 2. The summed E-state index contributed by atoms with van der Waals surface area (Å²) in [5.74, 6) is -0.241. The number of nitriles is 1. The van der Waals surface area contributed by atoms with Gasteiger partial charge in [0.2, 0.25) is 0 Å². The van der Waals surface area contributed by atoms with Crippen molar-refractivity contribution in [1.82, 2.24) is 9.55 Å². The molecule has 0 spiro atoms. The van der Waals surface area contributed by atoms with Gasteiger partial charge in [-0.15, -0.1) is 0 Å². The third kappa shape index (κ3) is 6.96. The molecule has 1 aliphatic heterocycles. The average molecular weight is 581 g/mol. The number of aliphatic hydroxyl groups excluding tert-OH is 1. The van der Waals surface area contributed by atoms with Crippen molar-refractivity contribution in [3.63, 3.8) is 0 Å². The van der Waals surface area contributed by atoms with Crippen molar-refractivity contribution in [3.05, 3.63) is 99.3 Å². The van der Waals surface area contributed by atoms with Gasteiger partial charge in [0.25, 0.3) is 5.56 Å². The van der Waals surface area contributed by atoms with Crippen LogP contribution in [0.3, 0.4) is 0 Å². The maximum Gasteiger partial charge on any atom is 0.373 e. The van der Waals surface area contributed by atoms with Gasteiger partial charge < -0.3 is 23.6 Å². The van der Waals surface area contributed by atoms with Gasteiger partial charge in [-0.3, -0.25) is 14.3 Å². The largest absolute Gasteiger partial charge is 0.453 e. The van der Waals surface area contributed by atoms with Crippen LogP contribution in [0.25, 0.3) is 0 Å². The molecule has 0 amide bonds. The van der Waals surface area contributed by atoms with Gasteiger partial charge in [0.05, 0.1) is 12.7 Å². The number of rotatable bonds is 10. The zero-order valence-electron chi connectivity index (χ0n) is 22.5. The highest BCUT2D eigenvalue weighted by Gasteiger charge is 2.55. The lowest BCUT2D eigenvalue weighted by atomic mass is 9.84. The van der Waals surface area contributed by atoms with E-state index in [1.165, 1.54) is 20.0 Å². The van der Waals surface area contributed by atoms with Crippen LogP contribution >= 0.6 is 8.53 Å². The summed E-state index contributed by atoms with van der Waals surface area (Å²) in [6, 6.07) is 21.0. The fourth-order valence-corrected chi connectivity index (χ4v) is 5.17. The summed E-state index contributed by atoms with van der Waals surface area (Å²) in [5, 5.41) is 20.9. The van der Waals surface area contributed by atoms with Gasteiger partial charge in [0.15, 0.2) is 6.23 Å². The van der Waals surface area contributed by atoms with Crippen LogP contribution < -0.4 is 15.8 Å². The molecule has 0 bridgehead atoms. The molecule has 1 saturated heterocycles. The quantitative estimate of drug-likeness (QED) is 0.208. The van der Waals surface area contributed by atoms with E-state index in [1.54, 1.807) is 37.3 Å². The Morgan fingerprint density at radius 2 is 1.85 bits per heavy atom. The molecule has 0 aliphatic carbocycles. The van der Waals surface area contributed by atoms with E-state index in [2.05, 4.69) is 9.75 Å². The number of aliphatic hydroxyl groups is 1. The molecule has 1 aliphatic rings. The van der Waals surface area contributed by atoms with Crippen LogP contribution in [0.15, 0.2) is 87.3 Å². The van der Waals surface area contributed by atoms with Crippen LogP contribution in [0.5, 0.6) is 5.75 Å². The van der Waals surface area contributed by atoms with Crippen LogP contribution in [-0.2, 0) is 18.8 Å². The lowest BCUT2D eigenvalue weighted by Crippen LogP contribution is -2.40. The van der Waals surface area contributed by atoms with Crippen molar-refractivity contribution in [3.8, 4) is 11.8 Å². The van der Waals surface area contributed by atoms with E-state index >= 15 is 0 Å². The number of aromatic nitrogens is 2. The Kier molecular flexibility index (Phi) is 9.47. The van der Waals surface area contributed by atoms with Gasteiger partial charge in [-0.05, 0) is 38.5 Å². The SMILES string of the molecule is CC(=NP(OCC1OC(n2ccc(=O)[nH]c2=O)C(C)(C#N)C1O)Oc1ccccc1)C(=O)OC(C)c1ccccc1. The van der Waals surface area contributed by atoms with Crippen molar-refractivity contribution < 1.29 is 28.4 Å². The number of hydrogen-bond donors (Lipinski definition) is 2. The summed E-state index contributed by atoms with van der Waals surface area (Å²) >= 11 is 0. The molecular weight excluding hydrogens is 551 g/mol. The number of carbonyl (C=O) groups is 1. The standard InChI is InChI=1S/C28H29N4O8P/c1-18(25(35)38-19(2)20-10-6-4-7-11-20)31-41(40-21-12-8-5-9-13-21)37-16-22-24(34)28(3,17-29)26(39-22)32-15-14-23(33)30-27(32)36/h4-15,19,22,24,26,34H,16H2,1-3H3,(H,30,33,36). The molecule has 2 N–H and O–H groups in total. The molecule has 2 aromatic carbocycles. The number of carbonyl (C=O) groups excluding carboxylic acids is 1. The average Bonchev–Trinajstić information content (AvgIpc) is 3.22. The number of aromatic amines is 1. The van der Waals surface area contributed by atoms with Gasteiger partial charge >= 0.3 is 20.2 Å². The molecule has 13 heteroatoms. The van der Waals surface area contributed by atoms with Crippen LogP contribution in [0.2, 0.25) is 0 Å². The molecule has 3 aromatic rings. The normalized spacial score (nSPS) is 23.8. The number of H-pyrrole nitrogens is 1. The first-order chi connectivity index (χ1) is 19.6. The van der Waals surface area contributed by atoms with Crippen molar-refractivity contribution in [1.29, 1.82) is 5.26 Å². The molecule has 0 saturated carbocycles. The van der Waals surface area contributed by atoms with E-state index in [9.17, 15) is 24.8 Å². The van der Waals surface area contributed by atoms with Crippen LogP contribution in [0, 0.1) is 16.7 Å². The summed E-state index contributed by atoms with van der Waals surface area (Å²) in [4.78, 5) is 38.8. The maximum atomic E-state index is 12.8. The Bertz CT molecular complexity index is 1540. The highest BCUT2D eigenvalue weighted by atomic mass is 31.2. The maximum absolute atomic E-state index is 12.8. The summed E-state index contributed by atoms with van der Waals surface area (Å²) in [7, 11) is -2.14. The first-order valence-corrected chi connectivity index (χ1v) is 13.8. The molecule has 2 heterocycles. The smallest absolute Gasteiger partial charge is 0.373 e. The highest BCUT2D eigenvalue weighted by molar-refractivity contribution is 7.46. The zero-order chi connectivity index (χ0) is 29.6. The summed E-state index contributed by atoms with van der Waals surface area (Å²) < 4.78 is 28.6. The topological polar surface area (TPSA) is 165 Å². The molecule has 1 fully saturated rings. The third-order valence-electron chi connectivity index (χ3n) is 6.48. The van der Waals surface area contributed by atoms with Crippen LogP contribution in [-0.4, -0.2) is 45.2 Å². The minimum absolute atomic E-state index is 0.00208. The molecular formula is C28H29N4O8P. The molecule has 6 atom stereocenters. The zero-order valence-corrected chi connectivity index (χ0v) is 23.4. The van der Waals surface area contributed by atoms with E-state index in [4.69, 9.17) is 18.5 Å². The first kappa shape index (κ1) is 29.8. The predicted octanol–water partition coefficient (Wildman–Crippen LogP) is 3.41. The number of ether oxygens (including phenoxy) is 2. The molecule has 6 unspecified atom stereocenters. The van der Waals surface area contributed by atoms with Crippen molar-refractivity contribution in [2.24, 2.45) is 10.2 Å². The molecule has 41 heavy (non-hydrogen) atoms. The second-order valence-corrected chi connectivity index (χ2v) is 10.6. The lowest BCUT2D eigenvalue weighted by molar-refractivity contribution is -0.140. The van der Waals surface area contributed by atoms with E-state index < -0.39 is 55.7 Å².